The highest BCUT2D eigenvalue weighted by atomic mass is 32.2. The Balaban J connectivity index is 2.40. The molecule has 0 amide bonds. The Morgan fingerprint density at radius 3 is 2.67 bits per heavy atom. The summed E-state index contributed by atoms with van der Waals surface area (Å²) < 4.78 is 30.0. The van der Waals surface area contributed by atoms with Crippen molar-refractivity contribution in [3.8, 4) is 5.75 Å². The molecule has 0 aliphatic carbocycles. The highest BCUT2D eigenvalue weighted by Gasteiger charge is 2.19. The normalized spacial score (nSPS) is 11.4. The Morgan fingerprint density at radius 2 is 2.00 bits per heavy atom. The molecule has 5 nitrogen and oxygen atoms in total. The monoisotopic (exact) mass is 306 g/mol. The number of hydrogen-bond donors (Lipinski definition) is 1. The predicted molar refractivity (Wildman–Crippen MR) is 82.0 cm³/mol. The number of nitrogens with zero attached hydrogens (tertiary/aromatic N) is 1. The maximum Gasteiger partial charge on any atom is 0.184 e. The molecule has 0 aliphatic heterocycles. The van der Waals surface area contributed by atoms with Gasteiger partial charge in [0.05, 0.1) is 23.5 Å². The van der Waals surface area contributed by atoms with E-state index in [1.807, 2.05) is 6.92 Å². The van der Waals surface area contributed by atoms with E-state index in [-0.39, 0.29) is 10.6 Å². The number of benzene rings is 1. The minimum atomic E-state index is -3.50. The summed E-state index contributed by atoms with van der Waals surface area (Å²) in [6, 6.07) is 6.40. The van der Waals surface area contributed by atoms with Crippen molar-refractivity contribution in [2.24, 2.45) is 0 Å². The molecule has 0 spiro atoms. The summed E-state index contributed by atoms with van der Waals surface area (Å²) in [5.41, 5.74) is 8.54. The second kappa shape index (κ2) is 5.73. The Morgan fingerprint density at radius 1 is 1.29 bits per heavy atom. The third kappa shape index (κ3) is 3.16. The maximum absolute atomic E-state index is 12.5. The van der Waals surface area contributed by atoms with Gasteiger partial charge in [-0.05, 0) is 43.2 Å². The zero-order valence-corrected chi connectivity index (χ0v) is 13.1. The highest BCUT2D eigenvalue weighted by Crippen LogP contribution is 2.24. The molecule has 6 heteroatoms. The predicted octanol–water partition coefficient (Wildman–Crippen LogP) is 2.26. The third-order valence-corrected chi connectivity index (χ3v) is 5.03. The van der Waals surface area contributed by atoms with Crippen molar-refractivity contribution in [1.82, 2.24) is 4.98 Å². The van der Waals surface area contributed by atoms with Crippen molar-refractivity contribution in [1.29, 1.82) is 0 Å². The summed E-state index contributed by atoms with van der Waals surface area (Å²) in [4.78, 5) is 4.41. The van der Waals surface area contributed by atoms with E-state index in [1.165, 1.54) is 13.2 Å². The van der Waals surface area contributed by atoms with E-state index in [0.29, 0.717) is 22.7 Å². The maximum atomic E-state index is 12.5. The number of methoxy groups -OCH3 is 1. The van der Waals surface area contributed by atoms with E-state index in [9.17, 15) is 8.42 Å². The number of nitrogens with two attached hydrogens (primary N) is 1. The average molecular weight is 306 g/mol. The van der Waals surface area contributed by atoms with Crippen LogP contribution in [0.5, 0.6) is 5.75 Å². The first-order valence-corrected chi connectivity index (χ1v) is 8.07. The lowest BCUT2D eigenvalue weighted by atomic mass is 10.1. The van der Waals surface area contributed by atoms with Crippen LogP contribution in [0.25, 0.3) is 0 Å². The van der Waals surface area contributed by atoms with Gasteiger partial charge < -0.3 is 10.5 Å². The number of nitrogen functional groups attached to an aromatic ring is 1. The first kappa shape index (κ1) is 15.3. The number of ether oxygens (including phenoxy) is 1. The third-order valence-electron chi connectivity index (χ3n) is 3.40. The summed E-state index contributed by atoms with van der Waals surface area (Å²) in [6.45, 7) is 3.63. The molecule has 2 N–H and O–H groups in total. The number of aryl methyl sites for hydroxylation is 1. The molecule has 0 saturated carbocycles. The van der Waals surface area contributed by atoms with Gasteiger partial charge in [-0.1, -0.05) is 6.07 Å². The molecular weight excluding hydrogens is 288 g/mol. The van der Waals surface area contributed by atoms with Gasteiger partial charge in [0, 0.05) is 11.9 Å². The smallest absolute Gasteiger partial charge is 0.184 e. The quantitative estimate of drug-likeness (QED) is 0.937. The molecule has 0 aliphatic rings. The largest absolute Gasteiger partial charge is 0.497 e. The van der Waals surface area contributed by atoms with Gasteiger partial charge >= 0.3 is 0 Å². The summed E-state index contributed by atoms with van der Waals surface area (Å²) >= 11 is 0. The van der Waals surface area contributed by atoms with Crippen molar-refractivity contribution in [3.05, 3.63) is 47.3 Å². The summed E-state index contributed by atoms with van der Waals surface area (Å²) in [5.74, 6) is 0.320. The van der Waals surface area contributed by atoms with Gasteiger partial charge in [0.1, 0.15) is 5.75 Å². The second-order valence-electron chi connectivity index (χ2n) is 4.86. The van der Waals surface area contributed by atoms with Gasteiger partial charge in [-0.2, -0.15) is 0 Å². The van der Waals surface area contributed by atoms with Gasteiger partial charge in [0.15, 0.2) is 9.84 Å². The lowest BCUT2D eigenvalue weighted by Gasteiger charge is -2.11. The number of anilines is 1. The Bertz CT molecular complexity index is 770. The molecule has 0 atom stereocenters. The van der Waals surface area contributed by atoms with E-state index in [1.54, 1.807) is 31.3 Å². The van der Waals surface area contributed by atoms with E-state index < -0.39 is 9.84 Å². The number of rotatable bonds is 4. The van der Waals surface area contributed by atoms with Crippen molar-refractivity contribution in [3.63, 3.8) is 0 Å². The molecule has 1 aromatic carbocycles. The molecule has 1 heterocycles. The zero-order valence-electron chi connectivity index (χ0n) is 12.3. The van der Waals surface area contributed by atoms with Crippen LogP contribution >= 0.6 is 0 Å². The number of sulfone groups is 1. The summed E-state index contributed by atoms with van der Waals surface area (Å²) in [6.07, 6.45) is 1.60. The first-order chi connectivity index (χ1) is 9.85. The molecule has 1 aromatic heterocycles. The van der Waals surface area contributed by atoms with Crippen molar-refractivity contribution >= 4 is 15.5 Å². The number of hydrogen-bond acceptors (Lipinski definition) is 5. The molecule has 0 fully saturated rings. The summed E-state index contributed by atoms with van der Waals surface area (Å²) in [7, 11) is -2.00. The van der Waals surface area contributed by atoms with E-state index in [2.05, 4.69) is 4.98 Å². The van der Waals surface area contributed by atoms with Crippen LogP contribution in [0.1, 0.15) is 16.8 Å². The summed E-state index contributed by atoms with van der Waals surface area (Å²) in [5, 5.41) is 0. The van der Waals surface area contributed by atoms with Crippen molar-refractivity contribution < 1.29 is 13.2 Å². The highest BCUT2D eigenvalue weighted by molar-refractivity contribution is 7.90. The van der Waals surface area contributed by atoms with Gasteiger partial charge in [-0.3, -0.25) is 4.98 Å². The second-order valence-corrected chi connectivity index (χ2v) is 6.85. The zero-order chi connectivity index (χ0) is 15.6. The van der Waals surface area contributed by atoms with Crippen molar-refractivity contribution in [2.45, 2.75) is 24.5 Å². The standard InChI is InChI=1S/C15H18N2O3S/c1-10-8-17-14(11(2)15(10)16)9-21(18,19)13-6-4-5-12(7-13)20-3/h4-8H,9H2,1-3H3,(H2,16,17). The van der Waals surface area contributed by atoms with Gasteiger partial charge in [-0.15, -0.1) is 0 Å². The van der Waals surface area contributed by atoms with Crippen molar-refractivity contribution in [2.75, 3.05) is 12.8 Å². The van der Waals surface area contributed by atoms with Crippen LogP contribution in [0.3, 0.4) is 0 Å². The fourth-order valence-electron chi connectivity index (χ4n) is 2.00. The lowest BCUT2D eigenvalue weighted by molar-refractivity contribution is 0.413. The molecule has 0 bridgehead atoms. The van der Waals surface area contributed by atoms with Crippen LogP contribution in [0.15, 0.2) is 35.4 Å². The molecule has 2 rings (SSSR count). The minimum Gasteiger partial charge on any atom is -0.497 e. The number of aromatic nitrogens is 1. The fraction of sp³-hybridized carbons (Fsp3) is 0.267. The molecule has 0 saturated heterocycles. The van der Waals surface area contributed by atoms with Gasteiger partial charge in [0.2, 0.25) is 0 Å². The first-order valence-electron chi connectivity index (χ1n) is 6.42. The lowest BCUT2D eigenvalue weighted by Crippen LogP contribution is -2.10. The topological polar surface area (TPSA) is 82.3 Å². The van der Waals surface area contributed by atoms with Crippen LogP contribution < -0.4 is 10.5 Å². The fourth-order valence-corrected chi connectivity index (χ4v) is 3.40. The number of pyridine rings is 1. The van der Waals surface area contributed by atoms with E-state index >= 15 is 0 Å². The molecule has 0 unspecified atom stereocenters. The average Bonchev–Trinajstić information content (AvgIpc) is 2.48. The Labute approximate surface area is 124 Å². The Kier molecular flexibility index (Phi) is 4.18. The van der Waals surface area contributed by atoms with Crippen LogP contribution in [-0.4, -0.2) is 20.5 Å². The van der Waals surface area contributed by atoms with Gasteiger partial charge in [0.25, 0.3) is 0 Å². The van der Waals surface area contributed by atoms with Gasteiger partial charge in [-0.25, -0.2) is 8.42 Å². The molecule has 112 valence electrons. The minimum absolute atomic E-state index is 0.184. The van der Waals surface area contributed by atoms with Crippen LogP contribution in [-0.2, 0) is 15.6 Å². The van der Waals surface area contributed by atoms with E-state index in [0.717, 1.165) is 5.56 Å². The Hall–Kier alpha value is -2.08. The van der Waals surface area contributed by atoms with E-state index in [4.69, 9.17) is 10.5 Å². The molecule has 2 aromatic rings. The molecular formula is C15H18N2O3S. The molecule has 0 radical (unpaired) electrons. The van der Waals surface area contributed by atoms with Crippen LogP contribution in [0.4, 0.5) is 5.69 Å². The SMILES string of the molecule is COc1cccc(S(=O)(=O)Cc2ncc(C)c(N)c2C)c1. The molecule has 21 heavy (non-hydrogen) atoms. The van der Waals surface area contributed by atoms with Crippen LogP contribution in [0, 0.1) is 13.8 Å². The van der Waals surface area contributed by atoms with Crippen LogP contribution in [0.2, 0.25) is 0 Å².